The van der Waals surface area contributed by atoms with Gasteiger partial charge in [-0.25, -0.2) is 4.98 Å². The number of rotatable bonds is 1. The van der Waals surface area contributed by atoms with Crippen molar-refractivity contribution in [2.45, 2.75) is 38.3 Å². The Bertz CT molecular complexity index is 564. The van der Waals surface area contributed by atoms with E-state index < -0.39 is 0 Å². The van der Waals surface area contributed by atoms with Gasteiger partial charge in [0.2, 0.25) is 0 Å². The average molecular weight is 227 g/mol. The van der Waals surface area contributed by atoms with E-state index >= 15 is 0 Å². The highest BCUT2D eigenvalue weighted by Crippen LogP contribution is 2.31. The molecule has 3 heteroatoms. The molecule has 0 radical (unpaired) electrons. The second kappa shape index (κ2) is 3.57. The van der Waals surface area contributed by atoms with E-state index in [0.717, 1.165) is 13.1 Å². The van der Waals surface area contributed by atoms with Gasteiger partial charge in [0.15, 0.2) is 0 Å². The van der Waals surface area contributed by atoms with Crippen LogP contribution in [0.3, 0.4) is 0 Å². The zero-order chi connectivity index (χ0) is 11.2. The Kier molecular flexibility index (Phi) is 2.03. The molecule has 0 bridgehead atoms. The molecule has 0 amide bonds. The van der Waals surface area contributed by atoms with Gasteiger partial charge >= 0.3 is 0 Å². The van der Waals surface area contributed by atoms with Crippen molar-refractivity contribution in [3.05, 3.63) is 29.6 Å². The normalized spacial score (nSPS) is 23.4. The lowest BCUT2D eigenvalue weighted by atomic mass is 10.0. The minimum atomic E-state index is 0.480. The van der Waals surface area contributed by atoms with Crippen LogP contribution >= 0.6 is 0 Å². The average Bonchev–Trinajstić information content (AvgIpc) is 2.98. The van der Waals surface area contributed by atoms with Crippen LogP contribution < -0.4 is 5.32 Å². The molecule has 1 unspecified atom stereocenters. The summed E-state index contributed by atoms with van der Waals surface area (Å²) in [6, 6.07) is 7.03. The van der Waals surface area contributed by atoms with Crippen molar-refractivity contribution in [3.63, 3.8) is 0 Å². The van der Waals surface area contributed by atoms with Gasteiger partial charge in [-0.1, -0.05) is 12.1 Å². The van der Waals surface area contributed by atoms with Gasteiger partial charge in [-0.05, 0) is 43.9 Å². The summed E-state index contributed by atoms with van der Waals surface area (Å²) in [6.07, 6.45) is 4.97. The Morgan fingerprint density at radius 2 is 2.29 bits per heavy atom. The van der Waals surface area contributed by atoms with Crippen LogP contribution in [0.15, 0.2) is 18.2 Å². The molecule has 1 fully saturated rings. The number of imidazole rings is 1. The standard InChI is InChI=1S/C14H17N3/c1-4-10-5-3-9-17-13(10)11(6-1)16-14(17)12-7-2-8-15-12/h1,4,6,12,15H,2-3,5,7-9H2. The van der Waals surface area contributed by atoms with Gasteiger partial charge in [0.25, 0.3) is 0 Å². The van der Waals surface area contributed by atoms with Gasteiger partial charge < -0.3 is 9.88 Å². The van der Waals surface area contributed by atoms with Gasteiger partial charge in [0.05, 0.1) is 17.1 Å². The molecule has 1 aromatic carbocycles. The summed E-state index contributed by atoms with van der Waals surface area (Å²) in [5.41, 5.74) is 4.05. The van der Waals surface area contributed by atoms with Crippen molar-refractivity contribution < 1.29 is 0 Å². The van der Waals surface area contributed by atoms with Crippen LogP contribution in [0, 0.1) is 0 Å². The number of aryl methyl sites for hydroxylation is 2. The van der Waals surface area contributed by atoms with E-state index in [9.17, 15) is 0 Å². The van der Waals surface area contributed by atoms with Crippen LogP contribution in [-0.4, -0.2) is 16.1 Å². The molecule has 3 heterocycles. The molecule has 1 atom stereocenters. The fourth-order valence-electron chi connectivity index (χ4n) is 3.30. The molecule has 1 aromatic heterocycles. The maximum atomic E-state index is 4.87. The van der Waals surface area contributed by atoms with E-state index in [1.807, 2.05) is 0 Å². The molecule has 2 aliphatic heterocycles. The van der Waals surface area contributed by atoms with E-state index in [1.165, 1.54) is 48.1 Å². The smallest absolute Gasteiger partial charge is 0.127 e. The zero-order valence-electron chi connectivity index (χ0n) is 9.95. The molecule has 0 saturated carbocycles. The summed E-state index contributed by atoms with van der Waals surface area (Å²) in [6.45, 7) is 2.28. The number of hydrogen-bond donors (Lipinski definition) is 1. The van der Waals surface area contributed by atoms with E-state index in [0.29, 0.717) is 6.04 Å². The summed E-state index contributed by atoms with van der Waals surface area (Å²) < 4.78 is 2.46. The predicted octanol–water partition coefficient (Wildman–Crippen LogP) is 2.41. The molecule has 1 N–H and O–H groups in total. The molecule has 2 aliphatic rings. The van der Waals surface area contributed by atoms with Gasteiger partial charge in [0, 0.05) is 6.54 Å². The van der Waals surface area contributed by atoms with E-state index in [1.54, 1.807) is 0 Å². The largest absolute Gasteiger partial charge is 0.326 e. The first-order valence-electron chi connectivity index (χ1n) is 6.65. The number of nitrogens with zero attached hydrogens (tertiary/aromatic N) is 2. The topological polar surface area (TPSA) is 29.9 Å². The zero-order valence-corrected chi connectivity index (χ0v) is 9.95. The maximum Gasteiger partial charge on any atom is 0.127 e. The molecule has 2 aromatic rings. The number of para-hydroxylation sites is 1. The Morgan fingerprint density at radius 1 is 1.29 bits per heavy atom. The number of aromatic nitrogens is 2. The second-order valence-corrected chi connectivity index (χ2v) is 5.16. The van der Waals surface area contributed by atoms with Gasteiger partial charge in [-0.15, -0.1) is 0 Å². The van der Waals surface area contributed by atoms with E-state index in [2.05, 4.69) is 28.1 Å². The van der Waals surface area contributed by atoms with Crippen LogP contribution in [0.4, 0.5) is 0 Å². The third-order valence-electron chi connectivity index (χ3n) is 4.08. The third kappa shape index (κ3) is 1.35. The lowest BCUT2D eigenvalue weighted by Crippen LogP contribution is -2.19. The highest BCUT2D eigenvalue weighted by atomic mass is 15.1. The Morgan fingerprint density at radius 3 is 3.18 bits per heavy atom. The van der Waals surface area contributed by atoms with Gasteiger partial charge in [-0.2, -0.15) is 0 Å². The van der Waals surface area contributed by atoms with Crippen LogP contribution in [0.5, 0.6) is 0 Å². The van der Waals surface area contributed by atoms with Crippen molar-refractivity contribution in [2.24, 2.45) is 0 Å². The first-order valence-corrected chi connectivity index (χ1v) is 6.65. The first kappa shape index (κ1) is 9.66. The first-order chi connectivity index (χ1) is 8.43. The van der Waals surface area contributed by atoms with Crippen molar-refractivity contribution in [1.82, 2.24) is 14.9 Å². The quantitative estimate of drug-likeness (QED) is 0.810. The summed E-state index contributed by atoms with van der Waals surface area (Å²) >= 11 is 0. The predicted molar refractivity (Wildman–Crippen MR) is 68.0 cm³/mol. The highest BCUT2D eigenvalue weighted by molar-refractivity contribution is 5.80. The number of nitrogens with one attached hydrogen (secondary N) is 1. The number of hydrogen-bond acceptors (Lipinski definition) is 2. The van der Waals surface area contributed by atoms with Crippen LogP contribution in [0.1, 0.15) is 36.7 Å². The molecule has 88 valence electrons. The van der Waals surface area contributed by atoms with Crippen molar-refractivity contribution in [2.75, 3.05) is 6.54 Å². The van der Waals surface area contributed by atoms with Crippen LogP contribution in [0.25, 0.3) is 11.0 Å². The summed E-state index contributed by atoms with van der Waals surface area (Å²) in [5.74, 6) is 1.27. The third-order valence-corrected chi connectivity index (χ3v) is 4.08. The highest BCUT2D eigenvalue weighted by Gasteiger charge is 2.25. The van der Waals surface area contributed by atoms with Crippen LogP contribution in [-0.2, 0) is 13.0 Å². The van der Waals surface area contributed by atoms with Gasteiger partial charge in [-0.3, -0.25) is 0 Å². The molecule has 3 nitrogen and oxygen atoms in total. The minimum Gasteiger partial charge on any atom is -0.326 e. The summed E-state index contributed by atoms with van der Waals surface area (Å²) in [5, 5.41) is 3.57. The van der Waals surface area contributed by atoms with Crippen LogP contribution in [0.2, 0.25) is 0 Å². The molecular formula is C14H17N3. The second-order valence-electron chi connectivity index (χ2n) is 5.16. The summed E-state index contributed by atoms with van der Waals surface area (Å²) in [7, 11) is 0. The fraction of sp³-hybridized carbons (Fsp3) is 0.500. The molecule has 17 heavy (non-hydrogen) atoms. The van der Waals surface area contributed by atoms with Crippen molar-refractivity contribution in [3.8, 4) is 0 Å². The number of benzene rings is 1. The SMILES string of the molecule is c1cc2c3c(c1)nc(C1CCCN1)n3CCC2. The fourth-order valence-corrected chi connectivity index (χ4v) is 3.30. The molecule has 0 spiro atoms. The minimum absolute atomic E-state index is 0.480. The Hall–Kier alpha value is -1.35. The van der Waals surface area contributed by atoms with Gasteiger partial charge in [0.1, 0.15) is 5.82 Å². The van der Waals surface area contributed by atoms with Crippen molar-refractivity contribution >= 4 is 11.0 Å². The summed E-state index contributed by atoms with van der Waals surface area (Å²) in [4.78, 5) is 4.87. The molecule has 4 rings (SSSR count). The lowest BCUT2D eigenvalue weighted by molar-refractivity contribution is 0.532. The van der Waals surface area contributed by atoms with Crippen molar-refractivity contribution in [1.29, 1.82) is 0 Å². The Labute approximate surface area is 101 Å². The lowest BCUT2D eigenvalue weighted by Gasteiger charge is -2.18. The van der Waals surface area contributed by atoms with E-state index in [-0.39, 0.29) is 0 Å². The molecular weight excluding hydrogens is 210 g/mol. The Balaban J connectivity index is 1.96. The maximum absolute atomic E-state index is 4.87. The monoisotopic (exact) mass is 227 g/mol. The van der Waals surface area contributed by atoms with E-state index in [4.69, 9.17) is 4.98 Å². The molecule has 1 saturated heterocycles. The molecule has 0 aliphatic carbocycles.